The first kappa shape index (κ1) is 13.2. The van der Waals surface area contributed by atoms with Crippen molar-refractivity contribution in [2.45, 2.75) is 6.42 Å². The van der Waals surface area contributed by atoms with E-state index in [0.29, 0.717) is 6.54 Å². The van der Waals surface area contributed by atoms with Gasteiger partial charge in [-0.2, -0.15) is 0 Å². The van der Waals surface area contributed by atoms with Crippen molar-refractivity contribution in [3.63, 3.8) is 0 Å². The van der Waals surface area contributed by atoms with E-state index in [-0.39, 0.29) is 6.42 Å². The zero-order valence-corrected chi connectivity index (χ0v) is 10.9. The highest BCUT2D eigenvalue weighted by molar-refractivity contribution is 6.33. The van der Waals surface area contributed by atoms with Crippen molar-refractivity contribution >= 4 is 23.3 Å². The van der Waals surface area contributed by atoms with Gasteiger partial charge in [-0.1, -0.05) is 23.7 Å². The van der Waals surface area contributed by atoms with E-state index in [4.69, 9.17) is 16.7 Å². The second-order valence-corrected chi connectivity index (χ2v) is 4.83. The van der Waals surface area contributed by atoms with Crippen LogP contribution in [0.15, 0.2) is 24.3 Å². The van der Waals surface area contributed by atoms with Gasteiger partial charge in [-0.3, -0.25) is 9.69 Å². The van der Waals surface area contributed by atoms with E-state index >= 15 is 0 Å². The summed E-state index contributed by atoms with van der Waals surface area (Å²) in [6.07, 6.45) is 0.214. The van der Waals surface area contributed by atoms with Crippen molar-refractivity contribution in [2.24, 2.45) is 0 Å². The zero-order chi connectivity index (χ0) is 13.0. The average molecular weight is 269 g/mol. The van der Waals surface area contributed by atoms with Gasteiger partial charge in [0.2, 0.25) is 0 Å². The monoisotopic (exact) mass is 268 g/mol. The lowest BCUT2D eigenvalue weighted by molar-refractivity contribution is -0.137. The minimum Gasteiger partial charge on any atom is -0.481 e. The molecule has 1 heterocycles. The maximum atomic E-state index is 10.5. The number of hydrogen-bond donors (Lipinski definition) is 1. The first-order valence-corrected chi connectivity index (χ1v) is 6.48. The molecule has 98 valence electrons. The van der Waals surface area contributed by atoms with Gasteiger partial charge in [-0.05, 0) is 12.1 Å². The number of carboxylic acid groups (broad SMARTS) is 1. The highest BCUT2D eigenvalue weighted by Crippen LogP contribution is 2.25. The minimum absolute atomic E-state index is 0.214. The van der Waals surface area contributed by atoms with Crippen molar-refractivity contribution in [3.05, 3.63) is 29.3 Å². The van der Waals surface area contributed by atoms with Crippen LogP contribution in [0.5, 0.6) is 0 Å². The number of carboxylic acids is 1. The molecule has 0 atom stereocenters. The molecule has 0 aromatic heterocycles. The van der Waals surface area contributed by atoms with E-state index in [2.05, 4.69) is 9.80 Å². The molecule has 5 heteroatoms. The zero-order valence-electron chi connectivity index (χ0n) is 10.2. The van der Waals surface area contributed by atoms with E-state index in [1.807, 2.05) is 24.3 Å². The Hall–Kier alpha value is -1.26. The van der Waals surface area contributed by atoms with Crippen LogP contribution in [-0.4, -0.2) is 48.7 Å². The van der Waals surface area contributed by atoms with Gasteiger partial charge in [-0.15, -0.1) is 0 Å². The quantitative estimate of drug-likeness (QED) is 0.906. The Balaban J connectivity index is 1.87. The standard InChI is InChI=1S/C13H17ClN2O2/c14-11-3-1-2-4-12(11)16-9-7-15(8-10-16)6-5-13(17)18/h1-4H,5-10H2,(H,17,18). The fourth-order valence-electron chi connectivity index (χ4n) is 2.17. The molecule has 4 nitrogen and oxygen atoms in total. The summed E-state index contributed by atoms with van der Waals surface area (Å²) in [6.45, 7) is 4.19. The Labute approximate surface area is 112 Å². The van der Waals surface area contributed by atoms with Gasteiger partial charge < -0.3 is 10.0 Å². The second-order valence-electron chi connectivity index (χ2n) is 4.42. The maximum Gasteiger partial charge on any atom is 0.304 e. The third kappa shape index (κ3) is 3.37. The van der Waals surface area contributed by atoms with Crippen LogP contribution in [0.25, 0.3) is 0 Å². The molecule has 0 saturated carbocycles. The fraction of sp³-hybridized carbons (Fsp3) is 0.462. The molecule has 1 aliphatic rings. The molecule has 0 radical (unpaired) electrons. The van der Waals surface area contributed by atoms with Gasteiger partial charge in [-0.25, -0.2) is 0 Å². The number of piperazine rings is 1. The van der Waals surface area contributed by atoms with Crippen LogP contribution < -0.4 is 4.90 Å². The molecule has 1 fully saturated rings. The number of aliphatic carboxylic acids is 1. The Kier molecular flexibility index (Phi) is 4.44. The molecular formula is C13H17ClN2O2. The number of benzene rings is 1. The molecule has 1 aliphatic heterocycles. The predicted molar refractivity (Wildman–Crippen MR) is 72.4 cm³/mol. The lowest BCUT2D eigenvalue weighted by Crippen LogP contribution is -2.47. The molecule has 0 bridgehead atoms. The van der Waals surface area contributed by atoms with E-state index in [9.17, 15) is 4.79 Å². The highest BCUT2D eigenvalue weighted by Gasteiger charge is 2.18. The number of nitrogens with zero attached hydrogens (tertiary/aromatic N) is 2. The molecule has 1 aromatic rings. The van der Waals surface area contributed by atoms with Crippen molar-refractivity contribution in [3.8, 4) is 0 Å². The summed E-state index contributed by atoms with van der Waals surface area (Å²) in [5, 5.41) is 9.43. The maximum absolute atomic E-state index is 10.5. The number of para-hydroxylation sites is 1. The van der Waals surface area contributed by atoms with Crippen molar-refractivity contribution in [1.82, 2.24) is 4.90 Å². The Morgan fingerprint density at radius 2 is 1.89 bits per heavy atom. The van der Waals surface area contributed by atoms with Gasteiger partial charge in [0.05, 0.1) is 17.1 Å². The molecule has 0 aliphatic carbocycles. The molecule has 1 N–H and O–H groups in total. The Bertz CT molecular complexity index is 417. The van der Waals surface area contributed by atoms with E-state index in [1.165, 1.54) is 0 Å². The lowest BCUT2D eigenvalue weighted by atomic mass is 10.2. The molecule has 18 heavy (non-hydrogen) atoms. The second kappa shape index (κ2) is 6.07. The van der Waals surface area contributed by atoms with Crippen molar-refractivity contribution in [1.29, 1.82) is 0 Å². The van der Waals surface area contributed by atoms with E-state index in [1.54, 1.807) is 0 Å². The normalized spacial score (nSPS) is 16.8. The number of carbonyl (C=O) groups is 1. The van der Waals surface area contributed by atoms with Crippen molar-refractivity contribution in [2.75, 3.05) is 37.6 Å². The molecular weight excluding hydrogens is 252 g/mol. The van der Waals surface area contributed by atoms with Crippen LogP contribution in [0.4, 0.5) is 5.69 Å². The summed E-state index contributed by atoms with van der Waals surface area (Å²) < 4.78 is 0. The first-order chi connectivity index (χ1) is 8.66. The fourth-order valence-corrected chi connectivity index (χ4v) is 2.43. The number of halogens is 1. The summed E-state index contributed by atoms with van der Waals surface area (Å²) >= 11 is 6.16. The average Bonchev–Trinajstić information content (AvgIpc) is 2.38. The van der Waals surface area contributed by atoms with Crippen LogP contribution in [0.3, 0.4) is 0 Å². The molecule has 1 saturated heterocycles. The molecule has 0 unspecified atom stereocenters. The number of hydrogen-bond acceptors (Lipinski definition) is 3. The molecule has 0 spiro atoms. The highest BCUT2D eigenvalue weighted by atomic mass is 35.5. The third-order valence-corrected chi connectivity index (χ3v) is 3.53. The summed E-state index contributed by atoms with van der Waals surface area (Å²) in [5.74, 6) is -0.733. The van der Waals surface area contributed by atoms with Crippen LogP contribution in [0.1, 0.15) is 6.42 Å². The SMILES string of the molecule is O=C(O)CCN1CCN(c2ccccc2Cl)CC1. The summed E-state index contributed by atoms with van der Waals surface area (Å²) in [6, 6.07) is 7.83. The summed E-state index contributed by atoms with van der Waals surface area (Å²) in [4.78, 5) is 14.9. The Morgan fingerprint density at radius 3 is 2.50 bits per heavy atom. The molecule has 2 rings (SSSR count). The minimum atomic E-state index is -0.733. The Morgan fingerprint density at radius 1 is 1.22 bits per heavy atom. The van der Waals surface area contributed by atoms with Gasteiger partial charge in [0.25, 0.3) is 0 Å². The van der Waals surface area contributed by atoms with Gasteiger partial charge >= 0.3 is 5.97 Å². The van der Waals surface area contributed by atoms with Gasteiger partial charge in [0, 0.05) is 32.7 Å². The van der Waals surface area contributed by atoms with Crippen LogP contribution in [0.2, 0.25) is 5.02 Å². The largest absolute Gasteiger partial charge is 0.481 e. The predicted octanol–water partition coefficient (Wildman–Crippen LogP) is 1.94. The van der Waals surface area contributed by atoms with Crippen LogP contribution in [0, 0.1) is 0 Å². The van der Waals surface area contributed by atoms with Gasteiger partial charge in [0.15, 0.2) is 0 Å². The van der Waals surface area contributed by atoms with Crippen molar-refractivity contribution < 1.29 is 9.90 Å². The van der Waals surface area contributed by atoms with Gasteiger partial charge in [0.1, 0.15) is 0 Å². The molecule has 0 amide bonds. The summed E-state index contributed by atoms with van der Waals surface area (Å²) in [7, 11) is 0. The van der Waals surface area contributed by atoms with Crippen LogP contribution >= 0.6 is 11.6 Å². The topological polar surface area (TPSA) is 43.8 Å². The van der Waals surface area contributed by atoms with Crippen LogP contribution in [-0.2, 0) is 4.79 Å². The van der Waals surface area contributed by atoms with E-state index < -0.39 is 5.97 Å². The summed E-state index contributed by atoms with van der Waals surface area (Å²) in [5.41, 5.74) is 1.07. The molecule has 1 aromatic carbocycles. The number of anilines is 1. The van der Waals surface area contributed by atoms with E-state index in [0.717, 1.165) is 36.9 Å². The smallest absolute Gasteiger partial charge is 0.304 e. The third-order valence-electron chi connectivity index (χ3n) is 3.21. The lowest BCUT2D eigenvalue weighted by Gasteiger charge is -2.36. The number of rotatable bonds is 4. The first-order valence-electron chi connectivity index (χ1n) is 6.10.